The number of aromatic nitrogens is 3. The number of aryl methyl sites for hydroxylation is 3. The molecule has 1 heterocycles. The number of hydrogen-bond acceptors (Lipinski definition) is 4. The van der Waals surface area contributed by atoms with Crippen molar-refractivity contribution >= 4 is 45.9 Å². The van der Waals surface area contributed by atoms with Crippen molar-refractivity contribution in [1.82, 2.24) is 14.8 Å². The normalized spacial score (nSPS) is 10.8. The van der Waals surface area contributed by atoms with Crippen LogP contribution in [-0.2, 0) is 11.3 Å². The Balaban J connectivity index is 1.76. The van der Waals surface area contributed by atoms with Crippen LogP contribution in [0, 0.1) is 24.3 Å². The number of carbonyl (C=O) groups excluding carboxylic acids is 1. The third kappa shape index (κ3) is 5.08. The fraction of sp³-hybridized carbons (Fsp3) is 0.227. The lowest BCUT2D eigenvalue weighted by atomic mass is 10.1. The van der Waals surface area contributed by atoms with Crippen molar-refractivity contribution in [2.75, 3.05) is 11.1 Å². The van der Waals surface area contributed by atoms with Gasteiger partial charge in [-0.3, -0.25) is 9.36 Å². The molecular formula is C22H23IN4OS. The lowest BCUT2D eigenvalue weighted by Crippen LogP contribution is -2.16. The Labute approximate surface area is 189 Å². The van der Waals surface area contributed by atoms with Crippen LogP contribution in [0.2, 0.25) is 0 Å². The molecule has 1 N–H and O–H groups in total. The van der Waals surface area contributed by atoms with E-state index >= 15 is 0 Å². The van der Waals surface area contributed by atoms with Crippen molar-refractivity contribution in [3.63, 3.8) is 0 Å². The zero-order valence-electron chi connectivity index (χ0n) is 16.7. The minimum Gasteiger partial charge on any atom is -0.325 e. The molecule has 0 atom stereocenters. The number of carbonyl (C=O) groups is 1. The molecule has 1 amide bonds. The average molecular weight is 518 g/mol. The Hall–Kier alpha value is -2.13. The molecule has 0 bridgehead atoms. The van der Waals surface area contributed by atoms with Gasteiger partial charge in [-0.05, 0) is 72.2 Å². The monoisotopic (exact) mass is 518 g/mol. The molecule has 0 aliphatic carbocycles. The summed E-state index contributed by atoms with van der Waals surface area (Å²) in [6.07, 6.45) is 1.81. The zero-order valence-corrected chi connectivity index (χ0v) is 19.7. The van der Waals surface area contributed by atoms with Gasteiger partial charge in [0.25, 0.3) is 0 Å². The number of benzene rings is 2. The van der Waals surface area contributed by atoms with E-state index in [9.17, 15) is 4.79 Å². The van der Waals surface area contributed by atoms with Gasteiger partial charge in [-0.25, -0.2) is 0 Å². The number of amides is 1. The van der Waals surface area contributed by atoms with Crippen LogP contribution in [0.25, 0.3) is 11.4 Å². The highest BCUT2D eigenvalue weighted by atomic mass is 127. The summed E-state index contributed by atoms with van der Waals surface area (Å²) in [5.41, 5.74) is 5.16. The number of rotatable bonds is 7. The number of thioether (sulfide) groups is 1. The van der Waals surface area contributed by atoms with Crippen molar-refractivity contribution in [2.45, 2.75) is 32.5 Å². The Morgan fingerprint density at radius 1 is 1.17 bits per heavy atom. The van der Waals surface area contributed by atoms with E-state index in [1.165, 1.54) is 11.8 Å². The number of nitrogens with zero attached hydrogens (tertiary/aromatic N) is 3. The molecule has 5 nitrogen and oxygen atoms in total. The molecule has 0 spiro atoms. The number of halogens is 1. The molecule has 3 aromatic rings. The number of anilines is 1. The summed E-state index contributed by atoms with van der Waals surface area (Å²) in [5, 5.41) is 12.4. The van der Waals surface area contributed by atoms with Gasteiger partial charge in [0.1, 0.15) is 0 Å². The summed E-state index contributed by atoms with van der Waals surface area (Å²) in [5.74, 6) is 0.983. The van der Waals surface area contributed by atoms with Crippen LogP contribution < -0.4 is 5.32 Å². The van der Waals surface area contributed by atoms with Crippen molar-refractivity contribution < 1.29 is 4.79 Å². The van der Waals surface area contributed by atoms with Gasteiger partial charge >= 0.3 is 0 Å². The molecule has 0 saturated carbocycles. The maximum atomic E-state index is 12.6. The van der Waals surface area contributed by atoms with E-state index in [0.29, 0.717) is 11.7 Å². The summed E-state index contributed by atoms with van der Waals surface area (Å²) in [4.78, 5) is 12.6. The lowest BCUT2D eigenvalue weighted by Gasteiger charge is -2.12. The highest BCUT2D eigenvalue weighted by Crippen LogP contribution is 2.27. The SMILES string of the molecule is C=CCn1c(SCC(=O)Nc2c(C)cc(I)cc2C)nnc1-c1ccccc1C. The molecule has 0 fully saturated rings. The molecule has 1 aromatic heterocycles. The molecule has 0 aliphatic heterocycles. The third-order valence-corrected chi connectivity index (χ3v) is 6.10. The first-order valence-electron chi connectivity index (χ1n) is 9.20. The summed E-state index contributed by atoms with van der Waals surface area (Å²) in [7, 11) is 0. The Morgan fingerprint density at radius 2 is 1.86 bits per heavy atom. The van der Waals surface area contributed by atoms with Gasteiger partial charge < -0.3 is 5.32 Å². The largest absolute Gasteiger partial charge is 0.325 e. The van der Waals surface area contributed by atoms with Gasteiger partial charge in [0.05, 0.1) is 5.75 Å². The van der Waals surface area contributed by atoms with Gasteiger partial charge in [-0.15, -0.1) is 16.8 Å². The molecule has 150 valence electrons. The van der Waals surface area contributed by atoms with E-state index < -0.39 is 0 Å². The maximum Gasteiger partial charge on any atom is 0.234 e. The summed E-state index contributed by atoms with van der Waals surface area (Å²) in [6.45, 7) is 10.5. The molecule has 7 heteroatoms. The Bertz CT molecular complexity index is 1040. The van der Waals surface area contributed by atoms with Gasteiger partial charge in [0, 0.05) is 21.4 Å². The second-order valence-corrected chi connectivity index (χ2v) is 8.96. The van der Waals surface area contributed by atoms with Gasteiger partial charge in [-0.1, -0.05) is 42.1 Å². The second-order valence-electron chi connectivity index (χ2n) is 6.77. The van der Waals surface area contributed by atoms with Crippen molar-refractivity contribution in [3.8, 4) is 11.4 Å². The highest BCUT2D eigenvalue weighted by molar-refractivity contribution is 14.1. The smallest absolute Gasteiger partial charge is 0.234 e. The lowest BCUT2D eigenvalue weighted by molar-refractivity contribution is -0.113. The zero-order chi connectivity index (χ0) is 21.0. The molecule has 0 radical (unpaired) electrons. The van der Waals surface area contributed by atoms with E-state index in [1.54, 1.807) is 0 Å². The topological polar surface area (TPSA) is 59.8 Å². The van der Waals surface area contributed by atoms with Crippen LogP contribution in [0.4, 0.5) is 5.69 Å². The van der Waals surface area contributed by atoms with Gasteiger partial charge in [-0.2, -0.15) is 0 Å². The molecule has 0 saturated heterocycles. The van der Waals surface area contributed by atoms with Gasteiger partial charge in [0.15, 0.2) is 11.0 Å². The van der Waals surface area contributed by atoms with E-state index in [4.69, 9.17) is 0 Å². The number of allylic oxidation sites excluding steroid dienone is 1. The van der Waals surface area contributed by atoms with Crippen LogP contribution in [0.1, 0.15) is 16.7 Å². The molecule has 3 rings (SSSR count). The molecular weight excluding hydrogens is 495 g/mol. The minimum absolute atomic E-state index is 0.0620. The van der Waals surface area contributed by atoms with Crippen LogP contribution >= 0.6 is 34.4 Å². The Kier molecular flexibility index (Phi) is 7.13. The van der Waals surface area contributed by atoms with E-state index in [-0.39, 0.29) is 11.7 Å². The van der Waals surface area contributed by atoms with E-state index in [0.717, 1.165) is 37.3 Å². The predicted molar refractivity (Wildman–Crippen MR) is 128 cm³/mol. The first kappa shape index (κ1) is 21.6. The van der Waals surface area contributed by atoms with Crippen molar-refractivity contribution in [1.29, 1.82) is 0 Å². The summed E-state index contributed by atoms with van der Waals surface area (Å²) < 4.78 is 3.15. The third-order valence-electron chi connectivity index (χ3n) is 4.51. The van der Waals surface area contributed by atoms with E-state index in [2.05, 4.69) is 56.8 Å². The summed E-state index contributed by atoms with van der Waals surface area (Å²) in [6, 6.07) is 12.2. The molecule has 0 aliphatic rings. The van der Waals surface area contributed by atoms with Crippen molar-refractivity contribution in [2.24, 2.45) is 0 Å². The van der Waals surface area contributed by atoms with Crippen LogP contribution in [0.15, 0.2) is 54.2 Å². The maximum absolute atomic E-state index is 12.6. The standard InChI is InChI=1S/C22H23IN4OS/c1-5-10-27-21(18-9-7-6-8-14(18)2)25-26-22(27)29-13-19(28)24-20-15(3)11-17(23)12-16(20)4/h5-9,11-12H,1,10,13H2,2-4H3,(H,24,28). The fourth-order valence-corrected chi connectivity index (χ4v) is 4.81. The number of nitrogens with one attached hydrogen (secondary N) is 1. The number of hydrogen-bond donors (Lipinski definition) is 1. The highest BCUT2D eigenvalue weighted by Gasteiger charge is 2.16. The molecule has 2 aromatic carbocycles. The average Bonchev–Trinajstić information content (AvgIpc) is 3.06. The summed E-state index contributed by atoms with van der Waals surface area (Å²) >= 11 is 3.66. The van der Waals surface area contributed by atoms with Crippen LogP contribution in [0.5, 0.6) is 0 Å². The predicted octanol–water partition coefficient (Wildman–Crippen LogP) is 5.39. The fourth-order valence-electron chi connectivity index (χ4n) is 3.13. The van der Waals surface area contributed by atoms with Crippen molar-refractivity contribution in [3.05, 3.63) is 69.3 Å². The first-order chi connectivity index (χ1) is 13.9. The quantitative estimate of drug-likeness (QED) is 0.259. The van der Waals surface area contributed by atoms with Crippen LogP contribution in [-0.4, -0.2) is 26.4 Å². The second kappa shape index (κ2) is 9.58. The van der Waals surface area contributed by atoms with Crippen LogP contribution in [0.3, 0.4) is 0 Å². The first-order valence-corrected chi connectivity index (χ1v) is 11.3. The molecule has 0 unspecified atom stereocenters. The minimum atomic E-state index is -0.0620. The molecule has 29 heavy (non-hydrogen) atoms. The van der Waals surface area contributed by atoms with E-state index in [1.807, 2.05) is 55.7 Å². The Morgan fingerprint density at radius 3 is 2.52 bits per heavy atom. The van der Waals surface area contributed by atoms with Gasteiger partial charge in [0.2, 0.25) is 5.91 Å².